The number of sulfonamides is 1. The highest BCUT2D eigenvalue weighted by atomic mass is 32.2. The highest BCUT2D eigenvalue weighted by molar-refractivity contribution is 7.89. The zero-order chi connectivity index (χ0) is 12.2. The first-order valence-corrected chi connectivity index (χ1v) is 6.64. The molecule has 1 unspecified atom stereocenters. The second-order valence-electron chi connectivity index (χ2n) is 3.85. The third-order valence-corrected chi connectivity index (χ3v) is 3.81. The van der Waals surface area contributed by atoms with Gasteiger partial charge in [-0.2, -0.15) is 0 Å². The van der Waals surface area contributed by atoms with Gasteiger partial charge in [-0.15, -0.1) is 0 Å². The molecule has 0 aromatic heterocycles. The van der Waals surface area contributed by atoms with Crippen molar-refractivity contribution in [1.82, 2.24) is 4.72 Å². The van der Waals surface area contributed by atoms with Crippen LogP contribution < -0.4 is 4.72 Å². The predicted octanol–water partition coefficient (Wildman–Crippen LogP) is 1.04. The molecule has 0 saturated heterocycles. The molecule has 1 aromatic rings. The predicted molar refractivity (Wildman–Crippen MR) is 62.7 cm³/mol. The molecule has 5 heteroatoms. The Bertz CT molecular complexity index is 442. The van der Waals surface area contributed by atoms with Crippen LogP contribution >= 0.6 is 0 Å². The summed E-state index contributed by atoms with van der Waals surface area (Å²) in [5.41, 5.74) is 0.901. The molecule has 0 amide bonds. The standard InChI is InChI=1S/C11H17NO3S/c1-9-4-3-5-11(8-9)16(14,15)12-10(2)6-7-13/h3-5,8,10,12-13H,6-7H2,1-2H3. The van der Waals surface area contributed by atoms with Crippen molar-refractivity contribution in [3.63, 3.8) is 0 Å². The Morgan fingerprint density at radius 3 is 2.69 bits per heavy atom. The van der Waals surface area contributed by atoms with Crippen LogP contribution in [0.5, 0.6) is 0 Å². The number of aryl methyl sites for hydroxylation is 1. The second-order valence-corrected chi connectivity index (χ2v) is 5.57. The molecule has 0 bridgehead atoms. The number of aliphatic hydroxyl groups is 1. The summed E-state index contributed by atoms with van der Waals surface area (Å²) >= 11 is 0. The topological polar surface area (TPSA) is 66.4 Å². The van der Waals surface area contributed by atoms with Crippen molar-refractivity contribution in [2.24, 2.45) is 0 Å². The van der Waals surface area contributed by atoms with Crippen molar-refractivity contribution in [2.45, 2.75) is 31.2 Å². The van der Waals surface area contributed by atoms with E-state index in [0.717, 1.165) is 5.56 Å². The first-order chi connectivity index (χ1) is 7.45. The van der Waals surface area contributed by atoms with Gasteiger partial charge in [0.25, 0.3) is 0 Å². The van der Waals surface area contributed by atoms with Gasteiger partial charge in [0.15, 0.2) is 0 Å². The molecule has 0 heterocycles. The maximum absolute atomic E-state index is 11.9. The number of hydrogen-bond acceptors (Lipinski definition) is 3. The van der Waals surface area contributed by atoms with E-state index < -0.39 is 10.0 Å². The van der Waals surface area contributed by atoms with Gasteiger partial charge >= 0.3 is 0 Å². The first-order valence-electron chi connectivity index (χ1n) is 5.15. The maximum atomic E-state index is 11.9. The zero-order valence-corrected chi connectivity index (χ0v) is 10.3. The average Bonchev–Trinajstić information content (AvgIpc) is 2.17. The quantitative estimate of drug-likeness (QED) is 0.812. The molecule has 2 N–H and O–H groups in total. The number of nitrogens with one attached hydrogen (secondary N) is 1. The van der Waals surface area contributed by atoms with E-state index in [9.17, 15) is 8.42 Å². The van der Waals surface area contributed by atoms with E-state index in [-0.39, 0.29) is 17.5 Å². The van der Waals surface area contributed by atoms with E-state index in [1.165, 1.54) is 0 Å². The number of rotatable bonds is 5. The third kappa shape index (κ3) is 3.59. The smallest absolute Gasteiger partial charge is 0.240 e. The van der Waals surface area contributed by atoms with Gasteiger partial charge in [0.2, 0.25) is 10.0 Å². The minimum Gasteiger partial charge on any atom is -0.396 e. The fraction of sp³-hybridized carbons (Fsp3) is 0.455. The molecule has 0 saturated carbocycles. The van der Waals surface area contributed by atoms with E-state index in [1.54, 1.807) is 25.1 Å². The molecule has 0 aliphatic carbocycles. The summed E-state index contributed by atoms with van der Waals surface area (Å²) in [6, 6.07) is 6.46. The van der Waals surface area contributed by atoms with Crippen molar-refractivity contribution in [1.29, 1.82) is 0 Å². The lowest BCUT2D eigenvalue weighted by Gasteiger charge is -2.13. The van der Waals surface area contributed by atoms with E-state index >= 15 is 0 Å². The van der Waals surface area contributed by atoms with Gasteiger partial charge in [-0.25, -0.2) is 13.1 Å². The minimum absolute atomic E-state index is 0.0303. The summed E-state index contributed by atoms with van der Waals surface area (Å²) < 4.78 is 26.3. The highest BCUT2D eigenvalue weighted by Crippen LogP contribution is 2.11. The molecular formula is C11H17NO3S. The lowest BCUT2D eigenvalue weighted by Crippen LogP contribution is -2.33. The Balaban J connectivity index is 2.86. The Labute approximate surface area is 96.4 Å². The summed E-state index contributed by atoms with van der Waals surface area (Å²) in [7, 11) is -3.47. The molecule has 1 atom stereocenters. The van der Waals surface area contributed by atoms with Crippen LogP contribution in [0.3, 0.4) is 0 Å². The van der Waals surface area contributed by atoms with Crippen molar-refractivity contribution in [3.05, 3.63) is 29.8 Å². The van der Waals surface area contributed by atoms with Crippen LogP contribution in [0.1, 0.15) is 18.9 Å². The summed E-state index contributed by atoms with van der Waals surface area (Å²) in [5.74, 6) is 0. The summed E-state index contributed by atoms with van der Waals surface area (Å²) in [5, 5.41) is 8.71. The largest absolute Gasteiger partial charge is 0.396 e. The molecule has 1 rings (SSSR count). The van der Waals surface area contributed by atoms with Crippen molar-refractivity contribution >= 4 is 10.0 Å². The third-order valence-electron chi connectivity index (χ3n) is 2.22. The Morgan fingerprint density at radius 1 is 1.44 bits per heavy atom. The second kappa shape index (κ2) is 5.43. The number of benzene rings is 1. The molecule has 0 spiro atoms. The molecule has 0 aliphatic rings. The van der Waals surface area contributed by atoms with Gasteiger partial charge in [0.1, 0.15) is 0 Å². The molecule has 16 heavy (non-hydrogen) atoms. The minimum atomic E-state index is -3.47. The SMILES string of the molecule is Cc1cccc(S(=O)(=O)NC(C)CCO)c1. The lowest BCUT2D eigenvalue weighted by atomic mass is 10.2. The fourth-order valence-electron chi connectivity index (χ4n) is 1.37. The molecule has 4 nitrogen and oxygen atoms in total. The Hall–Kier alpha value is -0.910. The van der Waals surface area contributed by atoms with Gasteiger partial charge in [-0.3, -0.25) is 0 Å². The average molecular weight is 243 g/mol. The van der Waals surface area contributed by atoms with Crippen LogP contribution in [0, 0.1) is 6.92 Å². The summed E-state index contributed by atoms with van der Waals surface area (Å²) in [6.07, 6.45) is 0.408. The first kappa shape index (κ1) is 13.2. The van der Waals surface area contributed by atoms with Crippen LogP contribution in [0.2, 0.25) is 0 Å². The molecule has 1 aromatic carbocycles. The summed E-state index contributed by atoms with van der Waals surface area (Å²) in [6.45, 7) is 3.54. The van der Waals surface area contributed by atoms with Crippen molar-refractivity contribution in [3.8, 4) is 0 Å². The van der Waals surface area contributed by atoms with Crippen LogP contribution in [-0.2, 0) is 10.0 Å². The lowest BCUT2D eigenvalue weighted by molar-refractivity contribution is 0.275. The van der Waals surface area contributed by atoms with Crippen LogP contribution in [0.4, 0.5) is 0 Å². The Kier molecular flexibility index (Phi) is 4.46. The molecule has 90 valence electrons. The Morgan fingerprint density at radius 2 is 2.12 bits per heavy atom. The van der Waals surface area contributed by atoms with Crippen molar-refractivity contribution in [2.75, 3.05) is 6.61 Å². The molecule has 0 radical (unpaired) electrons. The van der Waals surface area contributed by atoms with E-state index in [1.807, 2.05) is 13.0 Å². The van der Waals surface area contributed by atoms with E-state index in [0.29, 0.717) is 6.42 Å². The van der Waals surface area contributed by atoms with Gasteiger partial charge < -0.3 is 5.11 Å². The van der Waals surface area contributed by atoms with E-state index in [2.05, 4.69) is 4.72 Å². The highest BCUT2D eigenvalue weighted by Gasteiger charge is 2.16. The number of aliphatic hydroxyl groups excluding tert-OH is 1. The fourth-order valence-corrected chi connectivity index (χ4v) is 2.75. The molecular weight excluding hydrogens is 226 g/mol. The zero-order valence-electron chi connectivity index (χ0n) is 9.47. The van der Waals surface area contributed by atoms with Crippen LogP contribution in [-0.4, -0.2) is 26.2 Å². The van der Waals surface area contributed by atoms with Gasteiger partial charge in [-0.05, 0) is 38.0 Å². The number of hydrogen-bond donors (Lipinski definition) is 2. The van der Waals surface area contributed by atoms with Crippen LogP contribution in [0.25, 0.3) is 0 Å². The maximum Gasteiger partial charge on any atom is 0.240 e. The van der Waals surface area contributed by atoms with E-state index in [4.69, 9.17) is 5.11 Å². The van der Waals surface area contributed by atoms with Gasteiger partial charge in [0.05, 0.1) is 4.90 Å². The normalized spacial score (nSPS) is 13.7. The van der Waals surface area contributed by atoms with Crippen molar-refractivity contribution < 1.29 is 13.5 Å². The van der Waals surface area contributed by atoms with Gasteiger partial charge in [-0.1, -0.05) is 12.1 Å². The molecule has 0 fully saturated rings. The van der Waals surface area contributed by atoms with Gasteiger partial charge in [0, 0.05) is 12.6 Å². The molecule has 0 aliphatic heterocycles. The monoisotopic (exact) mass is 243 g/mol. The summed E-state index contributed by atoms with van der Waals surface area (Å²) in [4.78, 5) is 0.261. The van der Waals surface area contributed by atoms with Crippen LogP contribution in [0.15, 0.2) is 29.2 Å².